The molecule has 0 bridgehead atoms. The molecule has 0 radical (unpaired) electrons. The second-order valence-electron chi connectivity index (χ2n) is 8.12. The normalized spacial score (nSPS) is 14.6. The van der Waals surface area contributed by atoms with Crippen molar-refractivity contribution in [3.05, 3.63) is 65.2 Å². The summed E-state index contributed by atoms with van der Waals surface area (Å²) in [7, 11) is 1.63. The van der Waals surface area contributed by atoms with Crippen LogP contribution in [0, 0.1) is 6.92 Å². The van der Waals surface area contributed by atoms with Gasteiger partial charge in [0.2, 0.25) is 11.8 Å². The average Bonchev–Trinajstić information content (AvgIpc) is 2.82. The van der Waals surface area contributed by atoms with Crippen LogP contribution in [0.5, 0.6) is 5.75 Å². The fraction of sp³-hybridized carbons (Fsp3) is 0.400. The van der Waals surface area contributed by atoms with E-state index in [-0.39, 0.29) is 17.7 Å². The number of hydrogen-bond donors (Lipinski definition) is 1. The Balaban J connectivity index is 1.44. The third-order valence-corrected chi connectivity index (χ3v) is 5.73. The summed E-state index contributed by atoms with van der Waals surface area (Å²) in [6, 6.07) is 14.4. The molecule has 0 aromatic heterocycles. The smallest absolute Gasteiger partial charge is 0.251 e. The summed E-state index contributed by atoms with van der Waals surface area (Å²) in [5.74, 6) is 0.497. The molecule has 1 aliphatic rings. The SMILES string of the molecule is COc1ccc(CCC(=O)N2CCN(C(=O)C(C)NC(=O)c3cccc(C)c3)CC2)cc1. The molecule has 3 rings (SSSR count). The molecule has 2 aromatic carbocycles. The van der Waals surface area contributed by atoms with Gasteiger partial charge in [0, 0.05) is 38.2 Å². The van der Waals surface area contributed by atoms with Crippen molar-refractivity contribution in [3.63, 3.8) is 0 Å². The predicted octanol–water partition coefficient (Wildman–Crippen LogP) is 2.43. The van der Waals surface area contributed by atoms with E-state index in [1.165, 1.54) is 0 Å². The number of amides is 3. The van der Waals surface area contributed by atoms with Crippen LogP contribution in [0.4, 0.5) is 0 Å². The second kappa shape index (κ2) is 10.8. The van der Waals surface area contributed by atoms with Crippen LogP contribution in [0.15, 0.2) is 48.5 Å². The second-order valence-corrected chi connectivity index (χ2v) is 8.12. The lowest BCUT2D eigenvalue weighted by molar-refractivity contribution is -0.140. The minimum Gasteiger partial charge on any atom is -0.497 e. The molecule has 1 fully saturated rings. The van der Waals surface area contributed by atoms with Gasteiger partial charge in [-0.25, -0.2) is 0 Å². The summed E-state index contributed by atoms with van der Waals surface area (Å²) >= 11 is 0. The van der Waals surface area contributed by atoms with Gasteiger partial charge in [0.05, 0.1) is 7.11 Å². The molecule has 1 heterocycles. The molecule has 0 aliphatic carbocycles. The number of hydrogen-bond acceptors (Lipinski definition) is 4. The van der Waals surface area contributed by atoms with Gasteiger partial charge < -0.3 is 19.9 Å². The number of aryl methyl sites for hydroxylation is 2. The summed E-state index contributed by atoms with van der Waals surface area (Å²) in [5, 5.41) is 2.78. The molecule has 1 atom stereocenters. The Morgan fingerprint density at radius 3 is 2.28 bits per heavy atom. The number of rotatable bonds is 7. The Hall–Kier alpha value is -3.35. The number of benzene rings is 2. The highest BCUT2D eigenvalue weighted by molar-refractivity contribution is 5.97. The largest absolute Gasteiger partial charge is 0.497 e. The van der Waals surface area contributed by atoms with Crippen molar-refractivity contribution in [1.82, 2.24) is 15.1 Å². The van der Waals surface area contributed by atoms with Gasteiger partial charge in [0.1, 0.15) is 11.8 Å². The predicted molar refractivity (Wildman–Crippen MR) is 123 cm³/mol. The van der Waals surface area contributed by atoms with Gasteiger partial charge in [-0.1, -0.05) is 29.8 Å². The molecular weight excluding hydrogens is 406 g/mol. The molecule has 7 nitrogen and oxygen atoms in total. The van der Waals surface area contributed by atoms with Crippen molar-refractivity contribution < 1.29 is 19.1 Å². The standard InChI is InChI=1S/C25H31N3O4/c1-18-5-4-6-21(17-18)24(30)26-19(2)25(31)28-15-13-27(14-16-28)23(29)12-9-20-7-10-22(32-3)11-8-20/h4-8,10-11,17,19H,9,12-16H2,1-3H3,(H,26,30). The Morgan fingerprint density at radius 2 is 1.66 bits per heavy atom. The van der Waals surface area contributed by atoms with Gasteiger partial charge in [-0.05, 0) is 50.1 Å². The molecule has 1 N–H and O–H groups in total. The van der Waals surface area contributed by atoms with E-state index >= 15 is 0 Å². The Bertz CT molecular complexity index is 950. The van der Waals surface area contributed by atoms with Gasteiger partial charge in [0.25, 0.3) is 5.91 Å². The number of nitrogens with one attached hydrogen (secondary N) is 1. The minimum absolute atomic E-state index is 0.0914. The number of nitrogens with zero attached hydrogens (tertiary/aromatic N) is 2. The van der Waals surface area contributed by atoms with Crippen LogP contribution in [0.3, 0.4) is 0 Å². The summed E-state index contributed by atoms with van der Waals surface area (Å²) in [6.45, 7) is 5.57. The van der Waals surface area contributed by atoms with E-state index in [9.17, 15) is 14.4 Å². The van der Waals surface area contributed by atoms with E-state index in [2.05, 4.69) is 5.32 Å². The van der Waals surface area contributed by atoms with Crippen molar-refractivity contribution in [2.24, 2.45) is 0 Å². The highest BCUT2D eigenvalue weighted by atomic mass is 16.5. The molecule has 32 heavy (non-hydrogen) atoms. The van der Waals surface area contributed by atoms with Crippen LogP contribution >= 0.6 is 0 Å². The van der Waals surface area contributed by atoms with E-state index < -0.39 is 6.04 Å². The lowest BCUT2D eigenvalue weighted by atomic mass is 10.1. The minimum atomic E-state index is -0.625. The third kappa shape index (κ3) is 6.09. The molecule has 7 heteroatoms. The van der Waals surface area contributed by atoms with E-state index in [0.29, 0.717) is 44.6 Å². The van der Waals surface area contributed by atoms with Crippen LogP contribution in [0.2, 0.25) is 0 Å². The molecule has 1 unspecified atom stereocenters. The highest BCUT2D eigenvalue weighted by Gasteiger charge is 2.27. The highest BCUT2D eigenvalue weighted by Crippen LogP contribution is 2.14. The number of ether oxygens (including phenoxy) is 1. The Morgan fingerprint density at radius 1 is 1.00 bits per heavy atom. The molecule has 0 spiro atoms. The maximum atomic E-state index is 12.8. The molecule has 2 aromatic rings. The lowest BCUT2D eigenvalue weighted by Gasteiger charge is -2.36. The number of carbonyl (C=O) groups excluding carboxylic acids is 3. The molecule has 1 saturated heterocycles. The molecule has 1 aliphatic heterocycles. The fourth-order valence-electron chi connectivity index (χ4n) is 3.78. The zero-order valence-corrected chi connectivity index (χ0v) is 19.0. The van der Waals surface area contributed by atoms with E-state index in [0.717, 1.165) is 16.9 Å². The maximum Gasteiger partial charge on any atom is 0.251 e. The number of piperazine rings is 1. The quantitative estimate of drug-likeness (QED) is 0.722. The van der Waals surface area contributed by atoms with Gasteiger partial charge in [-0.2, -0.15) is 0 Å². The maximum absolute atomic E-state index is 12.8. The summed E-state index contributed by atoms with van der Waals surface area (Å²) in [5.41, 5.74) is 2.62. The first-order valence-corrected chi connectivity index (χ1v) is 10.9. The van der Waals surface area contributed by atoms with Crippen molar-refractivity contribution in [3.8, 4) is 5.75 Å². The van der Waals surface area contributed by atoms with E-state index in [4.69, 9.17) is 4.74 Å². The molecule has 0 saturated carbocycles. The number of carbonyl (C=O) groups is 3. The first-order chi connectivity index (χ1) is 15.4. The zero-order valence-electron chi connectivity index (χ0n) is 19.0. The molecular formula is C25H31N3O4. The van der Waals surface area contributed by atoms with Gasteiger partial charge in [-0.15, -0.1) is 0 Å². The number of methoxy groups -OCH3 is 1. The Kier molecular flexibility index (Phi) is 7.87. The van der Waals surface area contributed by atoms with Gasteiger partial charge in [-0.3, -0.25) is 14.4 Å². The third-order valence-electron chi connectivity index (χ3n) is 5.73. The van der Waals surface area contributed by atoms with Crippen molar-refractivity contribution in [2.45, 2.75) is 32.7 Å². The monoisotopic (exact) mass is 437 g/mol. The van der Waals surface area contributed by atoms with Crippen LogP contribution in [-0.4, -0.2) is 66.9 Å². The van der Waals surface area contributed by atoms with Crippen molar-refractivity contribution in [1.29, 1.82) is 0 Å². The first-order valence-electron chi connectivity index (χ1n) is 10.9. The summed E-state index contributed by atoms with van der Waals surface area (Å²) in [4.78, 5) is 41.3. The zero-order chi connectivity index (χ0) is 23.1. The van der Waals surface area contributed by atoms with Crippen molar-refractivity contribution >= 4 is 17.7 Å². The molecule has 3 amide bonds. The topological polar surface area (TPSA) is 79.0 Å². The van der Waals surface area contributed by atoms with Gasteiger partial charge in [0.15, 0.2) is 0 Å². The van der Waals surface area contributed by atoms with Crippen LogP contribution in [0.25, 0.3) is 0 Å². The first kappa shape index (κ1) is 23.3. The average molecular weight is 438 g/mol. The van der Waals surface area contributed by atoms with Crippen LogP contribution in [-0.2, 0) is 16.0 Å². The van der Waals surface area contributed by atoms with Crippen molar-refractivity contribution in [2.75, 3.05) is 33.3 Å². The molecule has 170 valence electrons. The van der Waals surface area contributed by atoms with E-state index in [1.54, 1.807) is 31.1 Å². The Labute approximate surface area is 189 Å². The lowest BCUT2D eigenvalue weighted by Crippen LogP contribution is -2.55. The summed E-state index contributed by atoms with van der Waals surface area (Å²) < 4.78 is 5.15. The van der Waals surface area contributed by atoms with Crippen LogP contribution in [0.1, 0.15) is 34.8 Å². The van der Waals surface area contributed by atoms with Crippen LogP contribution < -0.4 is 10.1 Å². The fourth-order valence-corrected chi connectivity index (χ4v) is 3.78. The summed E-state index contributed by atoms with van der Waals surface area (Å²) in [6.07, 6.45) is 1.10. The van der Waals surface area contributed by atoms with Gasteiger partial charge >= 0.3 is 0 Å². The van der Waals surface area contributed by atoms with E-state index in [1.807, 2.05) is 48.2 Å².